The number of nitrogens with two attached hydrogens (primary N) is 2. The van der Waals surface area contributed by atoms with Gasteiger partial charge in [0.1, 0.15) is 11.4 Å². The Labute approximate surface area is 112 Å². The molecule has 18 heavy (non-hydrogen) atoms. The predicted molar refractivity (Wildman–Crippen MR) is 69.1 cm³/mol. The molecule has 0 atom stereocenters. The fourth-order valence-corrected chi connectivity index (χ4v) is 2.09. The maximum absolute atomic E-state index is 11.2. The molecule has 2 rings (SSSR count). The van der Waals surface area contributed by atoms with Gasteiger partial charge in [0, 0.05) is 5.02 Å². The first-order chi connectivity index (χ1) is 8.40. The Bertz CT molecular complexity index is 598. The summed E-state index contributed by atoms with van der Waals surface area (Å²) in [5.41, 5.74) is 10.9. The van der Waals surface area contributed by atoms with Crippen molar-refractivity contribution in [2.75, 3.05) is 10.6 Å². The number of hydrogen-bond acceptors (Lipinski definition) is 4. The fraction of sp³-hybridized carbons (Fsp3) is 0. The molecule has 0 spiro atoms. The van der Waals surface area contributed by atoms with E-state index in [1.54, 1.807) is 0 Å². The number of benzene rings is 1. The van der Waals surface area contributed by atoms with E-state index in [2.05, 4.69) is 10.6 Å². The number of carbonyl (C=O) groups excluding carboxylic acids is 2. The lowest BCUT2D eigenvalue weighted by Gasteiger charge is -2.24. The van der Waals surface area contributed by atoms with Gasteiger partial charge in [-0.3, -0.25) is 9.59 Å². The van der Waals surface area contributed by atoms with E-state index in [0.717, 1.165) is 0 Å². The van der Waals surface area contributed by atoms with Crippen LogP contribution in [0.4, 0.5) is 11.4 Å². The summed E-state index contributed by atoms with van der Waals surface area (Å²) in [6.45, 7) is 0. The minimum absolute atomic E-state index is 0.131. The zero-order chi connectivity index (χ0) is 13.4. The molecule has 0 fully saturated rings. The summed E-state index contributed by atoms with van der Waals surface area (Å²) in [6.07, 6.45) is 0. The number of carbonyl (C=O) groups is 2. The van der Waals surface area contributed by atoms with Gasteiger partial charge in [-0.2, -0.15) is 0 Å². The van der Waals surface area contributed by atoms with Crippen molar-refractivity contribution in [3.8, 4) is 0 Å². The fourth-order valence-electron chi connectivity index (χ4n) is 1.55. The second kappa shape index (κ2) is 4.40. The molecule has 0 aromatic heterocycles. The van der Waals surface area contributed by atoms with Gasteiger partial charge in [0.25, 0.3) is 11.8 Å². The number of rotatable bonds is 2. The van der Waals surface area contributed by atoms with Gasteiger partial charge in [0.15, 0.2) is 0 Å². The minimum atomic E-state index is -0.826. The molecule has 0 saturated heterocycles. The van der Waals surface area contributed by atoms with Crippen molar-refractivity contribution in [2.24, 2.45) is 11.5 Å². The van der Waals surface area contributed by atoms with Crippen LogP contribution in [-0.4, -0.2) is 11.8 Å². The Balaban J connectivity index is 2.57. The van der Waals surface area contributed by atoms with Gasteiger partial charge in [-0.25, -0.2) is 0 Å². The molecule has 0 aliphatic carbocycles. The lowest BCUT2D eigenvalue weighted by molar-refractivity contribution is -0.117. The molecule has 1 aliphatic heterocycles. The topological polar surface area (TPSA) is 110 Å². The number of hydrogen-bond donors (Lipinski definition) is 4. The Morgan fingerprint density at radius 1 is 1.00 bits per heavy atom. The SMILES string of the molecule is NC(=O)C1=C(C(N)=O)Nc2c(Cl)cc(Cl)cc2N1. The molecular formula is C10H8Cl2N4O2. The van der Waals surface area contributed by atoms with E-state index in [9.17, 15) is 9.59 Å². The van der Waals surface area contributed by atoms with E-state index in [4.69, 9.17) is 34.7 Å². The molecule has 0 radical (unpaired) electrons. The van der Waals surface area contributed by atoms with Gasteiger partial charge in [-0.1, -0.05) is 23.2 Å². The molecule has 1 aliphatic rings. The van der Waals surface area contributed by atoms with Crippen molar-refractivity contribution >= 4 is 46.4 Å². The number of amides is 2. The van der Waals surface area contributed by atoms with E-state index < -0.39 is 11.8 Å². The van der Waals surface area contributed by atoms with E-state index in [1.807, 2.05) is 0 Å². The van der Waals surface area contributed by atoms with Gasteiger partial charge in [0.2, 0.25) is 0 Å². The van der Waals surface area contributed by atoms with Crippen LogP contribution in [0.2, 0.25) is 10.0 Å². The van der Waals surface area contributed by atoms with Gasteiger partial charge < -0.3 is 22.1 Å². The molecule has 0 saturated carbocycles. The maximum Gasteiger partial charge on any atom is 0.267 e. The van der Waals surface area contributed by atoms with Crippen molar-refractivity contribution in [1.29, 1.82) is 0 Å². The van der Waals surface area contributed by atoms with Gasteiger partial charge in [-0.15, -0.1) is 0 Å². The van der Waals surface area contributed by atoms with Crippen LogP contribution in [0.1, 0.15) is 0 Å². The molecule has 94 valence electrons. The molecule has 1 aromatic carbocycles. The third kappa shape index (κ3) is 2.07. The quantitative estimate of drug-likeness (QED) is 0.650. The summed E-state index contributed by atoms with van der Waals surface area (Å²) < 4.78 is 0. The summed E-state index contributed by atoms with van der Waals surface area (Å²) in [4.78, 5) is 22.5. The van der Waals surface area contributed by atoms with Gasteiger partial charge >= 0.3 is 0 Å². The van der Waals surface area contributed by atoms with E-state index in [-0.39, 0.29) is 16.4 Å². The molecule has 6 N–H and O–H groups in total. The second-order valence-electron chi connectivity index (χ2n) is 3.54. The van der Waals surface area contributed by atoms with Crippen LogP contribution in [0.15, 0.2) is 23.5 Å². The first-order valence-corrected chi connectivity index (χ1v) is 5.52. The number of halogens is 2. The highest BCUT2D eigenvalue weighted by Crippen LogP contribution is 2.38. The van der Waals surface area contributed by atoms with Crippen LogP contribution in [0.5, 0.6) is 0 Å². The van der Waals surface area contributed by atoms with Crippen LogP contribution in [0, 0.1) is 0 Å². The average molecular weight is 287 g/mol. The molecule has 1 heterocycles. The van der Waals surface area contributed by atoms with Crippen LogP contribution >= 0.6 is 23.2 Å². The monoisotopic (exact) mass is 286 g/mol. The average Bonchev–Trinajstić information content (AvgIpc) is 2.26. The summed E-state index contributed by atoms with van der Waals surface area (Å²) >= 11 is 11.8. The third-order valence-corrected chi connectivity index (χ3v) is 2.82. The minimum Gasteiger partial charge on any atom is -0.364 e. The number of anilines is 2. The molecule has 0 unspecified atom stereocenters. The van der Waals surface area contributed by atoms with Gasteiger partial charge in [0.05, 0.1) is 16.4 Å². The Morgan fingerprint density at radius 3 is 2.11 bits per heavy atom. The van der Waals surface area contributed by atoms with Crippen LogP contribution in [0.25, 0.3) is 0 Å². The molecule has 2 amide bonds. The first kappa shape index (κ1) is 12.5. The largest absolute Gasteiger partial charge is 0.364 e. The van der Waals surface area contributed by atoms with Crippen molar-refractivity contribution < 1.29 is 9.59 Å². The maximum atomic E-state index is 11.2. The van der Waals surface area contributed by atoms with Crippen LogP contribution < -0.4 is 22.1 Å². The smallest absolute Gasteiger partial charge is 0.267 e. The number of fused-ring (bicyclic) bond motifs is 1. The zero-order valence-electron chi connectivity index (χ0n) is 8.88. The van der Waals surface area contributed by atoms with Crippen LogP contribution in [-0.2, 0) is 9.59 Å². The van der Waals surface area contributed by atoms with Crippen molar-refractivity contribution in [3.63, 3.8) is 0 Å². The number of primary amides is 2. The summed E-state index contributed by atoms with van der Waals surface area (Å²) in [5, 5.41) is 6.02. The highest BCUT2D eigenvalue weighted by atomic mass is 35.5. The highest BCUT2D eigenvalue weighted by molar-refractivity contribution is 6.37. The lowest BCUT2D eigenvalue weighted by atomic mass is 10.1. The summed E-state index contributed by atoms with van der Waals surface area (Å²) in [7, 11) is 0. The normalized spacial score (nSPS) is 13.4. The van der Waals surface area contributed by atoms with Crippen LogP contribution in [0.3, 0.4) is 0 Å². The Kier molecular flexibility index (Phi) is 3.06. The molecule has 1 aromatic rings. The summed E-state index contributed by atoms with van der Waals surface area (Å²) in [6, 6.07) is 3.03. The number of nitrogens with one attached hydrogen (secondary N) is 2. The molecule has 6 nitrogen and oxygen atoms in total. The van der Waals surface area contributed by atoms with E-state index >= 15 is 0 Å². The standard InChI is InChI=1S/C10H8Cl2N4O2/c11-3-1-4(12)6-5(2-3)15-7(9(13)17)8(16-6)10(14)18/h1-2,15-16H,(H2,13,17)(H2,14,18). The summed E-state index contributed by atoms with van der Waals surface area (Å²) in [5.74, 6) is -1.65. The molecular weight excluding hydrogens is 279 g/mol. The third-order valence-electron chi connectivity index (χ3n) is 2.31. The van der Waals surface area contributed by atoms with E-state index in [1.165, 1.54) is 12.1 Å². The lowest BCUT2D eigenvalue weighted by Crippen LogP contribution is -2.33. The molecule has 0 bridgehead atoms. The predicted octanol–water partition coefficient (Wildman–Crippen LogP) is 1.01. The Hall–Kier alpha value is -1.92. The van der Waals surface area contributed by atoms with Crippen molar-refractivity contribution in [3.05, 3.63) is 33.6 Å². The van der Waals surface area contributed by atoms with Crippen molar-refractivity contribution in [1.82, 2.24) is 0 Å². The Morgan fingerprint density at radius 2 is 1.56 bits per heavy atom. The highest BCUT2D eigenvalue weighted by Gasteiger charge is 2.25. The second-order valence-corrected chi connectivity index (χ2v) is 4.38. The molecule has 8 heteroatoms. The van der Waals surface area contributed by atoms with Gasteiger partial charge in [-0.05, 0) is 12.1 Å². The van der Waals surface area contributed by atoms with Crippen molar-refractivity contribution in [2.45, 2.75) is 0 Å². The zero-order valence-corrected chi connectivity index (χ0v) is 10.4. The van der Waals surface area contributed by atoms with E-state index in [0.29, 0.717) is 16.4 Å². The first-order valence-electron chi connectivity index (χ1n) is 4.77.